The predicted molar refractivity (Wildman–Crippen MR) is 147 cm³/mol. The van der Waals surface area contributed by atoms with Gasteiger partial charge in [0.05, 0.1) is 12.5 Å². The van der Waals surface area contributed by atoms with Gasteiger partial charge in [0, 0.05) is 24.0 Å². The van der Waals surface area contributed by atoms with E-state index in [0.717, 1.165) is 45.3 Å². The summed E-state index contributed by atoms with van der Waals surface area (Å²) in [5.41, 5.74) is 6.75. The molecule has 0 N–H and O–H groups in total. The zero-order chi connectivity index (χ0) is 24.9. The second kappa shape index (κ2) is 10.5. The van der Waals surface area contributed by atoms with Crippen molar-refractivity contribution in [2.75, 3.05) is 0 Å². The van der Waals surface area contributed by atoms with Gasteiger partial charge in [0.1, 0.15) is 23.0 Å². The topological polar surface area (TPSA) is 35.5 Å². The molecule has 0 bridgehead atoms. The largest absolute Gasteiger partial charge is 0.469 e. The van der Waals surface area contributed by atoms with Crippen molar-refractivity contribution in [2.24, 2.45) is 0 Å². The van der Waals surface area contributed by atoms with E-state index in [1.54, 1.807) is 12.5 Å². The first-order chi connectivity index (χ1) is 18.3. The molecule has 6 rings (SSSR count). The molecule has 0 aliphatic carbocycles. The van der Waals surface area contributed by atoms with Gasteiger partial charge in [0.2, 0.25) is 0 Å². The molecule has 0 spiro atoms. The van der Waals surface area contributed by atoms with E-state index in [2.05, 4.69) is 84.9 Å². The summed E-state index contributed by atoms with van der Waals surface area (Å²) in [7, 11) is 0. The highest BCUT2D eigenvalue weighted by molar-refractivity contribution is 5.68. The van der Waals surface area contributed by atoms with Crippen LogP contribution in [0.15, 0.2) is 143 Å². The maximum Gasteiger partial charge on any atom is 0.131 e. The molecule has 0 atom stereocenters. The number of furan rings is 2. The Bertz CT molecular complexity index is 1440. The molecule has 4 aromatic carbocycles. The zero-order valence-electron chi connectivity index (χ0n) is 20.3. The van der Waals surface area contributed by atoms with Crippen LogP contribution in [-0.2, 0) is 12.8 Å². The minimum absolute atomic E-state index is 0.638. The Morgan fingerprint density at radius 1 is 0.432 bits per heavy atom. The fraction of sp³-hybridized carbons (Fsp3) is 0.0588. The summed E-state index contributed by atoms with van der Waals surface area (Å²) in [5.74, 6) is 3.41. The van der Waals surface area contributed by atoms with Gasteiger partial charge in [-0.05, 0) is 70.8 Å². The van der Waals surface area contributed by atoms with Crippen LogP contribution in [0.1, 0.15) is 22.6 Å². The average molecular weight is 483 g/mol. The summed E-state index contributed by atoms with van der Waals surface area (Å²) in [6.45, 7) is 0. The lowest BCUT2D eigenvalue weighted by Gasteiger charge is -2.16. The van der Waals surface area contributed by atoms with Crippen LogP contribution in [0.3, 0.4) is 0 Å². The normalized spacial score (nSPS) is 10.9. The molecular weight excluding hydrogens is 456 g/mol. The summed E-state index contributed by atoms with van der Waals surface area (Å²) >= 11 is 0. The fourth-order valence-electron chi connectivity index (χ4n) is 4.57. The first-order valence-corrected chi connectivity index (χ1v) is 12.4. The number of hydrogen-bond acceptors (Lipinski definition) is 3. The van der Waals surface area contributed by atoms with Gasteiger partial charge in [0.25, 0.3) is 0 Å². The van der Waals surface area contributed by atoms with Gasteiger partial charge in [-0.15, -0.1) is 0 Å². The summed E-state index contributed by atoms with van der Waals surface area (Å²) in [6, 6.07) is 41.3. The standard InChI is InChI=1S/C34H26O3/c1-3-9-25(10-4-1)27-15-17-33(29(21-27)23-31-13-7-19-35-31)37-34-18-16-28(26-11-5-2-6-12-26)22-30(34)24-32-14-8-20-36-32/h1-22H,23-24H2. The van der Waals surface area contributed by atoms with Crippen molar-refractivity contribution in [2.45, 2.75) is 12.8 Å². The lowest BCUT2D eigenvalue weighted by Crippen LogP contribution is -1.98. The highest BCUT2D eigenvalue weighted by Gasteiger charge is 2.14. The predicted octanol–water partition coefficient (Wildman–Crippen LogP) is 9.18. The highest BCUT2D eigenvalue weighted by Crippen LogP contribution is 2.36. The third-order valence-corrected chi connectivity index (χ3v) is 6.44. The Balaban J connectivity index is 1.39. The Morgan fingerprint density at radius 2 is 0.892 bits per heavy atom. The lowest BCUT2D eigenvalue weighted by atomic mass is 9.99. The molecule has 0 saturated carbocycles. The van der Waals surface area contributed by atoms with Crippen LogP contribution in [0, 0.1) is 0 Å². The van der Waals surface area contributed by atoms with Crippen molar-refractivity contribution < 1.29 is 13.6 Å². The van der Waals surface area contributed by atoms with Crippen LogP contribution in [0.5, 0.6) is 11.5 Å². The number of hydrogen-bond donors (Lipinski definition) is 0. The molecule has 0 saturated heterocycles. The second-order valence-corrected chi connectivity index (χ2v) is 8.99. The summed E-state index contributed by atoms with van der Waals surface area (Å²) < 4.78 is 18.0. The van der Waals surface area contributed by atoms with Crippen LogP contribution >= 0.6 is 0 Å². The first-order valence-electron chi connectivity index (χ1n) is 12.4. The van der Waals surface area contributed by atoms with E-state index in [9.17, 15) is 0 Å². The van der Waals surface area contributed by atoms with Gasteiger partial charge < -0.3 is 13.6 Å². The summed E-state index contributed by atoms with van der Waals surface area (Å²) in [4.78, 5) is 0. The zero-order valence-corrected chi connectivity index (χ0v) is 20.3. The first kappa shape index (κ1) is 22.7. The van der Waals surface area contributed by atoms with E-state index >= 15 is 0 Å². The molecule has 0 aliphatic heterocycles. The molecule has 180 valence electrons. The number of benzene rings is 4. The Morgan fingerprint density at radius 3 is 1.30 bits per heavy atom. The van der Waals surface area contributed by atoms with E-state index in [0.29, 0.717) is 12.8 Å². The van der Waals surface area contributed by atoms with E-state index < -0.39 is 0 Å². The van der Waals surface area contributed by atoms with E-state index in [1.165, 1.54) is 11.1 Å². The van der Waals surface area contributed by atoms with Crippen LogP contribution in [0.2, 0.25) is 0 Å². The molecule has 3 heteroatoms. The molecule has 0 aliphatic rings. The highest BCUT2D eigenvalue weighted by atomic mass is 16.5. The van der Waals surface area contributed by atoms with Crippen molar-refractivity contribution in [1.82, 2.24) is 0 Å². The van der Waals surface area contributed by atoms with Gasteiger partial charge in [-0.25, -0.2) is 0 Å². The van der Waals surface area contributed by atoms with E-state index in [1.807, 2.05) is 36.4 Å². The van der Waals surface area contributed by atoms with Crippen molar-refractivity contribution in [3.63, 3.8) is 0 Å². The third kappa shape index (κ3) is 5.26. The van der Waals surface area contributed by atoms with Gasteiger partial charge >= 0.3 is 0 Å². The van der Waals surface area contributed by atoms with Gasteiger partial charge in [-0.3, -0.25) is 0 Å². The minimum atomic E-state index is 0.638. The number of ether oxygens (including phenoxy) is 1. The average Bonchev–Trinajstić information content (AvgIpc) is 3.66. The van der Waals surface area contributed by atoms with Crippen LogP contribution in [0.25, 0.3) is 22.3 Å². The molecule has 2 heterocycles. The molecule has 3 nitrogen and oxygen atoms in total. The van der Waals surface area contributed by atoms with Crippen molar-refractivity contribution in [3.8, 4) is 33.8 Å². The molecule has 6 aromatic rings. The molecule has 2 aromatic heterocycles. The molecule has 0 fully saturated rings. The lowest BCUT2D eigenvalue weighted by molar-refractivity contribution is 0.462. The van der Waals surface area contributed by atoms with Crippen molar-refractivity contribution >= 4 is 0 Å². The Kier molecular flexibility index (Phi) is 6.42. The quantitative estimate of drug-likeness (QED) is 0.217. The Hall–Kier alpha value is -4.76. The fourth-order valence-corrected chi connectivity index (χ4v) is 4.57. The smallest absolute Gasteiger partial charge is 0.131 e. The maximum atomic E-state index is 6.64. The Labute approximate surface area is 216 Å². The van der Waals surface area contributed by atoms with Gasteiger partial charge in [0.15, 0.2) is 0 Å². The summed E-state index contributed by atoms with van der Waals surface area (Å²) in [6.07, 6.45) is 4.69. The molecular formula is C34H26O3. The van der Waals surface area contributed by atoms with E-state index in [-0.39, 0.29) is 0 Å². The number of rotatable bonds is 8. The van der Waals surface area contributed by atoms with Crippen molar-refractivity contribution in [3.05, 3.63) is 157 Å². The molecule has 0 unspecified atom stereocenters. The van der Waals surface area contributed by atoms with Crippen LogP contribution in [0.4, 0.5) is 0 Å². The van der Waals surface area contributed by atoms with Crippen LogP contribution < -0.4 is 4.74 Å². The minimum Gasteiger partial charge on any atom is -0.469 e. The molecule has 0 amide bonds. The molecule has 37 heavy (non-hydrogen) atoms. The van der Waals surface area contributed by atoms with Gasteiger partial charge in [-0.1, -0.05) is 72.8 Å². The van der Waals surface area contributed by atoms with Gasteiger partial charge in [-0.2, -0.15) is 0 Å². The second-order valence-electron chi connectivity index (χ2n) is 8.99. The SMILES string of the molecule is c1ccc(-c2ccc(Oc3ccc(-c4ccccc4)cc3Cc3ccco3)c(Cc3ccco3)c2)cc1. The van der Waals surface area contributed by atoms with E-state index in [4.69, 9.17) is 13.6 Å². The monoisotopic (exact) mass is 482 g/mol. The molecule has 0 radical (unpaired) electrons. The van der Waals surface area contributed by atoms with Crippen molar-refractivity contribution in [1.29, 1.82) is 0 Å². The maximum absolute atomic E-state index is 6.64. The summed E-state index contributed by atoms with van der Waals surface area (Å²) in [5, 5.41) is 0. The van der Waals surface area contributed by atoms with Crippen LogP contribution in [-0.4, -0.2) is 0 Å². The third-order valence-electron chi connectivity index (χ3n) is 6.44.